The molecule has 0 nitrogen and oxygen atoms in total. The maximum atomic E-state index is 4.21. The van der Waals surface area contributed by atoms with Crippen molar-refractivity contribution in [3.63, 3.8) is 0 Å². The summed E-state index contributed by atoms with van der Waals surface area (Å²) >= 11 is 0. The molecule has 0 aromatic rings. The zero-order valence-corrected chi connectivity index (χ0v) is 7.97. The topological polar surface area (TPSA) is 0 Å². The molecule has 0 aromatic heterocycles. The van der Waals surface area contributed by atoms with Crippen LogP contribution in [-0.4, -0.2) is 0 Å². The molecule has 0 heteroatoms. The highest BCUT2D eigenvalue weighted by Crippen LogP contribution is 2.40. The first-order chi connectivity index (χ1) is 5.79. The summed E-state index contributed by atoms with van der Waals surface area (Å²) in [6.45, 7) is 6.51. The van der Waals surface area contributed by atoms with E-state index >= 15 is 0 Å². The number of hydrogen-bond acceptors (Lipinski definition) is 0. The van der Waals surface area contributed by atoms with Crippen molar-refractivity contribution in [2.75, 3.05) is 0 Å². The third-order valence-corrected chi connectivity index (χ3v) is 3.42. The molecular formula is C12H18. The minimum absolute atomic E-state index is 0.747. The van der Waals surface area contributed by atoms with Crippen LogP contribution in [0, 0.1) is 11.8 Å². The molecule has 0 amide bonds. The SMILES string of the molecule is C=C1CC(CC)CC2=CC1CC2. The van der Waals surface area contributed by atoms with E-state index in [-0.39, 0.29) is 0 Å². The van der Waals surface area contributed by atoms with Crippen LogP contribution >= 0.6 is 0 Å². The van der Waals surface area contributed by atoms with Gasteiger partial charge in [-0.2, -0.15) is 0 Å². The van der Waals surface area contributed by atoms with Crippen LogP contribution in [0.15, 0.2) is 23.8 Å². The lowest BCUT2D eigenvalue weighted by Crippen LogP contribution is -2.05. The molecule has 0 N–H and O–H groups in total. The molecule has 2 bridgehead atoms. The Hall–Kier alpha value is -0.520. The molecular weight excluding hydrogens is 144 g/mol. The summed E-state index contributed by atoms with van der Waals surface area (Å²) in [6.07, 6.45) is 9.14. The molecule has 0 fully saturated rings. The molecule has 2 rings (SSSR count). The van der Waals surface area contributed by atoms with Crippen molar-refractivity contribution in [1.82, 2.24) is 0 Å². The summed E-state index contributed by atoms with van der Waals surface area (Å²) in [4.78, 5) is 0. The first-order valence-corrected chi connectivity index (χ1v) is 5.16. The lowest BCUT2D eigenvalue weighted by Gasteiger charge is -2.19. The maximum absolute atomic E-state index is 4.21. The summed E-state index contributed by atoms with van der Waals surface area (Å²) in [5.41, 5.74) is 3.21. The molecule has 2 atom stereocenters. The van der Waals surface area contributed by atoms with Crippen molar-refractivity contribution >= 4 is 0 Å². The summed E-state index contributed by atoms with van der Waals surface area (Å²) in [7, 11) is 0. The monoisotopic (exact) mass is 162 g/mol. The van der Waals surface area contributed by atoms with Gasteiger partial charge in [-0.1, -0.05) is 37.1 Å². The van der Waals surface area contributed by atoms with Crippen LogP contribution in [0.3, 0.4) is 0 Å². The van der Waals surface area contributed by atoms with Gasteiger partial charge >= 0.3 is 0 Å². The van der Waals surface area contributed by atoms with Crippen LogP contribution in [0.5, 0.6) is 0 Å². The predicted molar refractivity (Wildman–Crippen MR) is 53.0 cm³/mol. The Morgan fingerprint density at radius 2 is 2.33 bits per heavy atom. The van der Waals surface area contributed by atoms with Gasteiger partial charge < -0.3 is 0 Å². The van der Waals surface area contributed by atoms with Gasteiger partial charge in [-0.05, 0) is 37.5 Å². The highest BCUT2D eigenvalue weighted by molar-refractivity contribution is 5.24. The van der Waals surface area contributed by atoms with Crippen molar-refractivity contribution in [3.05, 3.63) is 23.8 Å². The fraction of sp³-hybridized carbons (Fsp3) is 0.667. The van der Waals surface area contributed by atoms with Gasteiger partial charge in [0.15, 0.2) is 0 Å². The van der Waals surface area contributed by atoms with Gasteiger partial charge in [-0.3, -0.25) is 0 Å². The largest absolute Gasteiger partial charge is 0.0993 e. The highest BCUT2D eigenvalue weighted by Gasteiger charge is 2.25. The van der Waals surface area contributed by atoms with Crippen molar-refractivity contribution in [2.45, 2.75) is 39.0 Å². The molecule has 0 radical (unpaired) electrons. The fourth-order valence-electron chi connectivity index (χ4n) is 2.54. The van der Waals surface area contributed by atoms with Gasteiger partial charge in [0.25, 0.3) is 0 Å². The summed E-state index contributed by atoms with van der Waals surface area (Å²) < 4.78 is 0. The molecule has 2 unspecified atom stereocenters. The molecule has 0 aliphatic heterocycles. The molecule has 0 aromatic carbocycles. The molecule has 2 aliphatic carbocycles. The van der Waals surface area contributed by atoms with Crippen LogP contribution in [0.25, 0.3) is 0 Å². The summed E-state index contributed by atoms with van der Waals surface area (Å²) in [5, 5.41) is 0. The number of rotatable bonds is 1. The molecule has 0 spiro atoms. The van der Waals surface area contributed by atoms with E-state index in [0.29, 0.717) is 0 Å². The van der Waals surface area contributed by atoms with Crippen LogP contribution in [0.4, 0.5) is 0 Å². The summed E-state index contributed by atoms with van der Waals surface area (Å²) in [6, 6.07) is 0. The summed E-state index contributed by atoms with van der Waals surface area (Å²) in [5.74, 6) is 1.64. The lowest BCUT2D eigenvalue weighted by atomic mass is 9.86. The second-order valence-electron chi connectivity index (χ2n) is 4.31. The average molecular weight is 162 g/mol. The van der Waals surface area contributed by atoms with Gasteiger partial charge in [0.2, 0.25) is 0 Å². The minimum atomic E-state index is 0.747. The number of fused-ring (bicyclic) bond motifs is 1. The Kier molecular flexibility index (Phi) is 2.08. The van der Waals surface area contributed by atoms with E-state index in [9.17, 15) is 0 Å². The Labute approximate surface area is 75.4 Å². The van der Waals surface area contributed by atoms with Gasteiger partial charge in [0.1, 0.15) is 0 Å². The first-order valence-electron chi connectivity index (χ1n) is 5.16. The van der Waals surface area contributed by atoms with Gasteiger partial charge in [-0.25, -0.2) is 0 Å². The Balaban J connectivity index is 2.14. The van der Waals surface area contributed by atoms with E-state index in [2.05, 4.69) is 19.6 Å². The molecule has 66 valence electrons. The Bertz CT molecular complexity index is 222. The third kappa shape index (κ3) is 1.35. The van der Waals surface area contributed by atoms with Crippen molar-refractivity contribution in [3.8, 4) is 0 Å². The molecule has 0 heterocycles. The molecule has 0 saturated heterocycles. The molecule has 0 saturated carbocycles. The van der Waals surface area contributed by atoms with Gasteiger partial charge in [0, 0.05) is 0 Å². The fourth-order valence-corrected chi connectivity index (χ4v) is 2.54. The van der Waals surface area contributed by atoms with E-state index in [4.69, 9.17) is 0 Å². The van der Waals surface area contributed by atoms with E-state index in [0.717, 1.165) is 11.8 Å². The maximum Gasteiger partial charge on any atom is -0.00201 e. The van der Waals surface area contributed by atoms with Crippen LogP contribution < -0.4 is 0 Å². The zero-order chi connectivity index (χ0) is 8.55. The molecule has 12 heavy (non-hydrogen) atoms. The van der Waals surface area contributed by atoms with Crippen LogP contribution in [0.2, 0.25) is 0 Å². The van der Waals surface area contributed by atoms with Gasteiger partial charge in [0.05, 0.1) is 0 Å². The normalized spacial score (nSPS) is 34.8. The standard InChI is InChI=1S/C12H18/c1-3-10-6-9(2)12-5-4-11(7-10)8-12/h8,10,12H,2-7H2,1H3. The predicted octanol–water partition coefficient (Wildman–Crippen LogP) is 3.70. The van der Waals surface area contributed by atoms with Gasteiger partial charge in [-0.15, -0.1) is 0 Å². The lowest BCUT2D eigenvalue weighted by molar-refractivity contribution is 0.470. The molecule has 2 aliphatic rings. The van der Waals surface area contributed by atoms with E-state index in [1.54, 1.807) is 5.57 Å². The minimum Gasteiger partial charge on any atom is -0.0993 e. The Morgan fingerprint density at radius 3 is 3.08 bits per heavy atom. The Morgan fingerprint density at radius 1 is 1.50 bits per heavy atom. The highest BCUT2D eigenvalue weighted by atomic mass is 14.3. The van der Waals surface area contributed by atoms with E-state index in [1.165, 1.54) is 37.7 Å². The number of allylic oxidation sites excluding steroid dienone is 3. The number of hydrogen-bond donors (Lipinski definition) is 0. The van der Waals surface area contributed by atoms with Crippen molar-refractivity contribution in [1.29, 1.82) is 0 Å². The smallest absolute Gasteiger partial charge is 0.00201 e. The first kappa shape index (κ1) is 8.10. The van der Waals surface area contributed by atoms with Crippen molar-refractivity contribution < 1.29 is 0 Å². The zero-order valence-electron chi connectivity index (χ0n) is 7.97. The third-order valence-electron chi connectivity index (χ3n) is 3.42. The van der Waals surface area contributed by atoms with Crippen LogP contribution in [0.1, 0.15) is 39.0 Å². The van der Waals surface area contributed by atoms with Crippen molar-refractivity contribution in [2.24, 2.45) is 11.8 Å². The second kappa shape index (κ2) is 3.08. The van der Waals surface area contributed by atoms with E-state index < -0.39 is 0 Å². The quantitative estimate of drug-likeness (QED) is 0.516. The van der Waals surface area contributed by atoms with E-state index in [1.807, 2.05) is 0 Å². The average Bonchev–Trinajstić information content (AvgIpc) is 2.44. The second-order valence-corrected chi connectivity index (χ2v) is 4.31. The van der Waals surface area contributed by atoms with Crippen LogP contribution in [-0.2, 0) is 0 Å².